The van der Waals surface area contributed by atoms with Crippen molar-refractivity contribution in [2.24, 2.45) is 5.41 Å². The third kappa shape index (κ3) is 5.07. The average molecular weight is 509 g/mol. The van der Waals surface area contributed by atoms with Crippen LogP contribution in [0.15, 0.2) is 47.4 Å². The number of rotatable bonds is 7. The van der Waals surface area contributed by atoms with Crippen LogP contribution in [0.5, 0.6) is 17.2 Å². The molecule has 1 aliphatic rings. The minimum Gasteiger partial charge on any atom is -0.493 e. The molecule has 0 bridgehead atoms. The van der Waals surface area contributed by atoms with E-state index in [1.54, 1.807) is 12.1 Å². The monoisotopic (exact) mass is 508 g/mol. The fourth-order valence-corrected chi connectivity index (χ4v) is 4.68. The van der Waals surface area contributed by atoms with Crippen molar-refractivity contribution in [3.8, 4) is 22.9 Å². The maximum Gasteiger partial charge on any atom is 0.268 e. The number of aromatic nitrogens is 1. The third-order valence-electron chi connectivity index (χ3n) is 6.42. The number of benzene rings is 2. The molecule has 1 aliphatic carbocycles. The summed E-state index contributed by atoms with van der Waals surface area (Å²) in [6, 6.07) is 8.69. The summed E-state index contributed by atoms with van der Waals surface area (Å²) in [6.45, 7) is 3.92. The normalized spacial score (nSPS) is 14.1. The van der Waals surface area contributed by atoms with Gasteiger partial charge < -0.3 is 19.5 Å². The third-order valence-corrected chi connectivity index (χ3v) is 6.42. The highest BCUT2D eigenvalue weighted by molar-refractivity contribution is 6.04. The SMILES string of the molecule is COc1cc(CNC(=O)c2c3c(cn(-c4ccc(F)cc4)c2=O)C(=O)CC(C)(C)C3)cc(OC)c1OC. The van der Waals surface area contributed by atoms with E-state index in [-0.39, 0.29) is 24.3 Å². The van der Waals surface area contributed by atoms with Crippen LogP contribution in [0.25, 0.3) is 5.69 Å². The number of hydrogen-bond acceptors (Lipinski definition) is 6. The highest BCUT2D eigenvalue weighted by Gasteiger charge is 2.36. The van der Waals surface area contributed by atoms with Crippen molar-refractivity contribution in [1.29, 1.82) is 0 Å². The fraction of sp³-hybridized carbons (Fsp3) is 0.321. The number of fused-ring (bicyclic) bond motifs is 1. The van der Waals surface area contributed by atoms with Crippen molar-refractivity contribution in [3.05, 3.63) is 81.0 Å². The first-order valence-electron chi connectivity index (χ1n) is 11.7. The summed E-state index contributed by atoms with van der Waals surface area (Å²) in [5.41, 5.74) is 0.653. The molecule has 0 spiro atoms. The summed E-state index contributed by atoms with van der Waals surface area (Å²) >= 11 is 0. The van der Waals surface area contributed by atoms with Crippen molar-refractivity contribution in [3.63, 3.8) is 0 Å². The second-order valence-electron chi connectivity index (χ2n) is 9.71. The lowest BCUT2D eigenvalue weighted by Gasteiger charge is -2.31. The summed E-state index contributed by atoms with van der Waals surface area (Å²) in [6.07, 6.45) is 2.13. The molecule has 0 radical (unpaired) electrons. The molecule has 1 amide bonds. The topological polar surface area (TPSA) is 95.9 Å². The minimum absolute atomic E-state index is 0.0620. The number of halogens is 1. The van der Waals surface area contributed by atoms with Gasteiger partial charge in [-0.15, -0.1) is 0 Å². The van der Waals surface area contributed by atoms with Gasteiger partial charge in [-0.3, -0.25) is 19.0 Å². The number of ketones is 1. The molecule has 0 unspecified atom stereocenters. The maximum absolute atomic E-state index is 13.6. The second kappa shape index (κ2) is 10.1. The number of nitrogens with one attached hydrogen (secondary N) is 1. The summed E-state index contributed by atoms with van der Waals surface area (Å²) in [7, 11) is 4.48. The van der Waals surface area contributed by atoms with E-state index in [9.17, 15) is 18.8 Å². The van der Waals surface area contributed by atoms with Crippen LogP contribution in [0, 0.1) is 11.2 Å². The van der Waals surface area contributed by atoms with Crippen molar-refractivity contribution < 1.29 is 28.2 Å². The largest absolute Gasteiger partial charge is 0.493 e. The van der Waals surface area contributed by atoms with Crippen LogP contribution >= 0.6 is 0 Å². The number of Topliss-reactive ketones (excluding diaryl/α,β-unsaturated/α-hetero) is 1. The van der Waals surface area contributed by atoms with E-state index in [1.807, 2.05) is 13.8 Å². The van der Waals surface area contributed by atoms with Gasteiger partial charge in [0.15, 0.2) is 17.3 Å². The Balaban J connectivity index is 1.77. The average Bonchev–Trinajstić information content (AvgIpc) is 2.86. The lowest BCUT2D eigenvalue weighted by Crippen LogP contribution is -2.38. The second-order valence-corrected chi connectivity index (χ2v) is 9.71. The Morgan fingerprint density at radius 3 is 2.19 bits per heavy atom. The molecule has 2 aromatic carbocycles. The molecule has 3 aromatic rings. The number of carbonyl (C=O) groups excluding carboxylic acids is 2. The van der Waals surface area contributed by atoms with E-state index < -0.39 is 22.7 Å². The zero-order valence-electron chi connectivity index (χ0n) is 21.4. The van der Waals surface area contributed by atoms with Crippen LogP contribution in [0.3, 0.4) is 0 Å². The van der Waals surface area contributed by atoms with Gasteiger partial charge in [-0.1, -0.05) is 13.8 Å². The van der Waals surface area contributed by atoms with Crippen LogP contribution < -0.4 is 25.1 Å². The molecule has 0 atom stereocenters. The number of hydrogen-bond donors (Lipinski definition) is 1. The van der Waals surface area contributed by atoms with Crippen molar-refractivity contribution in [1.82, 2.24) is 9.88 Å². The Morgan fingerprint density at radius 2 is 1.62 bits per heavy atom. The predicted molar refractivity (Wildman–Crippen MR) is 136 cm³/mol. The molecule has 8 nitrogen and oxygen atoms in total. The van der Waals surface area contributed by atoms with Gasteiger partial charge in [0.2, 0.25) is 5.75 Å². The molecule has 194 valence electrons. The van der Waals surface area contributed by atoms with Gasteiger partial charge in [-0.25, -0.2) is 4.39 Å². The van der Waals surface area contributed by atoms with E-state index in [0.717, 1.165) is 0 Å². The Morgan fingerprint density at radius 1 is 1.00 bits per heavy atom. The number of ether oxygens (including phenoxy) is 3. The molecule has 0 saturated carbocycles. The van der Waals surface area contributed by atoms with Gasteiger partial charge in [0.1, 0.15) is 11.4 Å². The van der Waals surface area contributed by atoms with Crippen molar-refractivity contribution >= 4 is 11.7 Å². The highest BCUT2D eigenvalue weighted by atomic mass is 19.1. The van der Waals surface area contributed by atoms with Gasteiger partial charge in [-0.2, -0.15) is 0 Å². The van der Waals surface area contributed by atoms with E-state index >= 15 is 0 Å². The van der Waals surface area contributed by atoms with E-state index in [4.69, 9.17) is 14.2 Å². The lowest BCUT2D eigenvalue weighted by molar-refractivity contribution is 0.0908. The number of carbonyl (C=O) groups is 2. The quantitative estimate of drug-likeness (QED) is 0.517. The van der Waals surface area contributed by atoms with Crippen LogP contribution in [-0.2, 0) is 13.0 Å². The first-order valence-corrected chi connectivity index (χ1v) is 11.7. The summed E-state index contributed by atoms with van der Waals surface area (Å²) in [5.74, 6) is 0.0391. The molecule has 1 aromatic heterocycles. The molecule has 1 N–H and O–H groups in total. The molecule has 0 aliphatic heterocycles. The first-order chi connectivity index (χ1) is 17.6. The molecule has 4 rings (SSSR count). The van der Waals surface area contributed by atoms with Gasteiger partial charge >= 0.3 is 0 Å². The molecule has 37 heavy (non-hydrogen) atoms. The molecule has 1 heterocycles. The Labute approximate surface area is 214 Å². The van der Waals surface area contributed by atoms with Crippen molar-refractivity contribution in [2.45, 2.75) is 33.2 Å². The van der Waals surface area contributed by atoms with E-state index in [1.165, 1.54) is 56.4 Å². The highest BCUT2D eigenvalue weighted by Crippen LogP contribution is 2.38. The lowest BCUT2D eigenvalue weighted by atomic mass is 9.73. The van der Waals surface area contributed by atoms with Crippen LogP contribution in [0.1, 0.15) is 52.1 Å². The minimum atomic E-state index is -0.614. The molecule has 0 saturated heterocycles. The number of pyridine rings is 1. The fourth-order valence-electron chi connectivity index (χ4n) is 4.68. The molecule has 9 heteroatoms. The summed E-state index contributed by atoms with van der Waals surface area (Å²) < 4.78 is 30.8. The Bertz CT molecular complexity index is 1400. The summed E-state index contributed by atoms with van der Waals surface area (Å²) in [5, 5.41) is 2.80. The Kier molecular flexibility index (Phi) is 7.07. The van der Waals surface area contributed by atoms with Gasteiger partial charge in [-0.05, 0) is 59.4 Å². The van der Waals surface area contributed by atoms with Gasteiger partial charge in [0.25, 0.3) is 11.5 Å². The predicted octanol–water partition coefficient (Wildman–Crippen LogP) is 4.09. The van der Waals surface area contributed by atoms with Crippen LogP contribution in [-0.4, -0.2) is 37.6 Å². The molecular formula is C28H29FN2O6. The summed E-state index contributed by atoms with van der Waals surface area (Å²) in [4.78, 5) is 40.2. The molecule has 0 fully saturated rings. The van der Waals surface area contributed by atoms with Crippen molar-refractivity contribution in [2.75, 3.05) is 21.3 Å². The van der Waals surface area contributed by atoms with E-state index in [2.05, 4.69) is 5.32 Å². The van der Waals surface area contributed by atoms with Crippen LogP contribution in [0.2, 0.25) is 0 Å². The van der Waals surface area contributed by atoms with Gasteiger partial charge in [0.05, 0.1) is 21.3 Å². The number of amides is 1. The van der Waals surface area contributed by atoms with Gasteiger partial charge in [0, 0.05) is 30.4 Å². The first kappa shape index (κ1) is 25.9. The number of methoxy groups -OCH3 is 3. The maximum atomic E-state index is 13.6. The molecular weight excluding hydrogens is 479 g/mol. The standard InChI is InChI=1S/C28H29FN2O6/c1-28(2)12-19-20(21(32)13-28)15-31(18-8-6-17(29)7-9-18)27(34)24(19)26(33)30-14-16-10-22(35-3)25(37-5)23(11-16)36-4/h6-11,15H,12-14H2,1-5H3,(H,30,33). The Hall–Kier alpha value is -4.14. The van der Waals surface area contributed by atoms with Crippen LogP contribution in [0.4, 0.5) is 4.39 Å². The smallest absolute Gasteiger partial charge is 0.268 e. The number of nitrogens with zero attached hydrogens (tertiary/aromatic N) is 1. The van der Waals surface area contributed by atoms with E-state index in [0.29, 0.717) is 46.0 Å². The zero-order chi connectivity index (χ0) is 26.9. The zero-order valence-corrected chi connectivity index (χ0v) is 21.4.